The average molecular weight is 471 g/mol. The Bertz CT molecular complexity index is 1020. The third kappa shape index (κ3) is 3.52. The van der Waals surface area contributed by atoms with E-state index in [4.69, 9.17) is 0 Å². The first-order valence-electron chi connectivity index (χ1n) is 13.9. The Hall–Kier alpha value is -1.91. The fourth-order valence-corrected chi connectivity index (χ4v) is 17.1. The summed E-state index contributed by atoms with van der Waals surface area (Å²) in [4.78, 5) is 0. The fourth-order valence-electron chi connectivity index (χ4n) is 8.14. The van der Waals surface area contributed by atoms with E-state index >= 15 is 0 Å². The van der Waals surface area contributed by atoms with Crippen LogP contribution in [0.1, 0.15) is 89.5 Å². The van der Waals surface area contributed by atoms with Crippen molar-refractivity contribution in [2.45, 2.75) is 95.3 Å². The summed E-state index contributed by atoms with van der Waals surface area (Å²) in [5.41, 5.74) is 2.96. The van der Waals surface area contributed by atoms with Crippen LogP contribution in [0.3, 0.4) is 0 Å². The van der Waals surface area contributed by atoms with Crippen LogP contribution in [0.5, 0.6) is 0 Å². The minimum absolute atomic E-state index is 0.559. The molecule has 5 rings (SSSR count). The van der Waals surface area contributed by atoms with E-state index in [1.807, 2.05) is 0 Å². The molecule has 0 heterocycles. The quantitative estimate of drug-likeness (QED) is 0.318. The van der Waals surface area contributed by atoms with Gasteiger partial charge in [-0.15, -0.1) is 0 Å². The van der Waals surface area contributed by atoms with E-state index < -0.39 is 6.60 Å². The Morgan fingerprint density at radius 1 is 0.559 bits per heavy atom. The van der Waals surface area contributed by atoms with Gasteiger partial charge in [0.05, 0.1) is 0 Å². The van der Waals surface area contributed by atoms with Gasteiger partial charge in [0.15, 0.2) is 0 Å². The Labute approximate surface area is 208 Å². The zero-order valence-electron chi connectivity index (χ0n) is 21.3. The molecule has 0 aromatic heterocycles. The fraction of sp³-hybridized carbons (Fsp3) is 0.455. The van der Waals surface area contributed by atoms with Crippen LogP contribution >= 0.6 is 6.60 Å². The van der Waals surface area contributed by atoms with Crippen LogP contribution in [0.2, 0.25) is 0 Å². The van der Waals surface area contributed by atoms with Crippen molar-refractivity contribution in [3.63, 3.8) is 0 Å². The van der Waals surface area contributed by atoms with Crippen LogP contribution in [-0.4, -0.2) is 11.3 Å². The van der Waals surface area contributed by atoms with Gasteiger partial charge in [0.1, 0.15) is 0 Å². The molecule has 180 valence electrons. The van der Waals surface area contributed by atoms with E-state index in [0.29, 0.717) is 17.2 Å². The van der Waals surface area contributed by atoms with Crippen LogP contribution in [0.25, 0.3) is 0 Å². The first-order valence-corrected chi connectivity index (χ1v) is 16.3. The Morgan fingerprint density at radius 3 is 1.56 bits per heavy atom. The summed E-state index contributed by atoms with van der Waals surface area (Å²) in [5, 5.41) is 4.99. The predicted molar refractivity (Wildman–Crippen MR) is 153 cm³/mol. The van der Waals surface area contributed by atoms with Crippen molar-refractivity contribution in [1.29, 1.82) is 0 Å². The van der Waals surface area contributed by atoms with Crippen molar-refractivity contribution in [3.05, 3.63) is 90.5 Å². The van der Waals surface area contributed by atoms with E-state index in [9.17, 15) is 0 Å². The van der Waals surface area contributed by atoms with E-state index in [1.54, 1.807) is 21.5 Å². The number of hydrogen-bond donors (Lipinski definition) is 0. The van der Waals surface area contributed by atoms with E-state index in [0.717, 1.165) is 0 Å². The molecule has 3 aromatic rings. The third-order valence-electron chi connectivity index (χ3n) is 9.53. The maximum absolute atomic E-state index is 2.81. The molecular weight excluding hydrogens is 427 g/mol. The van der Waals surface area contributed by atoms with Gasteiger partial charge in [0, 0.05) is 0 Å². The second kappa shape index (κ2) is 9.99. The van der Waals surface area contributed by atoms with Gasteiger partial charge in [0.2, 0.25) is 0 Å². The van der Waals surface area contributed by atoms with Crippen LogP contribution in [0.15, 0.2) is 84.9 Å². The van der Waals surface area contributed by atoms with E-state index in [-0.39, 0.29) is 0 Å². The molecular formula is C33H43P. The molecule has 0 nitrogen and oxygen atoms in total. The molecule has 0 saturated heterocycles. The molecule has 0 aliphatic heterocycles. The van der Waals surface area contributed by atoms with Gasteiger partial charge in [0.25, 0.3) is 0 Å². The molecule has 1 heteroatoms. The molecule has 0 atom stereocenters. The van der Waals surface area contributed by atoms with Gasteiger partial charge in [-0.25, -0.2) is 0 Å². The minimum atomic E-state index is -2.81. The van der Waals surface area contributed by atoms with Crippen molar-refractivity contribution >= 4 is 22.5 Å². The summed E-state index contributed by atoms with van der Waals surface area (Å²) < 4.78 is 0. The zero-order valence-corrected chi connectivity index (χ0v) is 22.2. The summed E-state index contributed by atoms with van der Waals surface area (Å²) in [6.07, 6.45) is 13.8. The normalized spacial score (nSPS) is 19.6. The van der Waals surface area contributed by atoms with E-state index in [2.05, 4.69) is 98.8 Å². The SMILES string of the molecule is CC(C)P(c1ccccc1)(c1ccccc1)(c1ccccc1C1CCCCC1)C1CCCCC1. The first-order chi connectivity index (χ1) is 16.7. The van der Waals surface area contributed by atoms with Gasteiger partial charge in [-0.05, 0) is 0 Å². The zero-order chi connectivity index (χ0) is 23.5. The van der Waals surface area contributed by atoms with Crippen molar-refractivity contribution < 1.29 is 0 Å². The molecule has 0 spiro atoms. The molecule has 2 aliphatic rings. The van der Waals surface area contributed by atoms with Crippen LogP contribution in [0, 0.1) is 0 Å². The Balaban J connectivity index is 1.94. The third-order valence-corrected chi connectivity index (χ3v) is 18.0. The second-order valence-corrected chi connectivity index (χ2v) is 17.0. The van der Waals surface area contributed by atoms with Gasteiger partial charge in [-0.1, -0.05) is 0 Å². The molecule has 0 bridgehead atoms. The molecule has 34 heavy (non-hydrogen) atoms. The van der Waals surface area contributed by atoms with Crippen molar-refractivity contribution in [2.24, 2.45) is 0 Å². The number of hydrogen-bond acceptors (Lipinski definition) is 0. The Morgan fingerprint density at radius 2 is 1.03 bits per heavy atom. The van der Waals surface area contributed by atoms with Gasteiger partial charge >= 0.3 is 208 Å². The molecule has 3 aromatic carbocycles. The molecule has 0 N–H and O–H groups in total. The standard InChI is InChI=1S/C33H43P/c1-27(2)34(29-19-9-4-10-20-29,30-21-11-5-12-22-30,31-23-13-6-14-24-31)33-26-16-15-25-32(33)28-17-7-3-8-18-28/h4-5,9-12,15-16,19-22,25-28,31H,3,6-8,13-14,17-18,23-24H2,1-2H3. The summed E-state index contributed by atoms with van der Waals surface area (Å²) in [7, 11) is 0. The van der Waals surface area contributed by atoms with Crippen LogP contribution in [0.4, 0.5) is 0 Å². The molecule has 2 aliphatic carbocycles. The summed E-state index contributed by atoms with van der Waals surface area (Å²) in [6.45, 7) is 2.33. The first kappa shape index (κ1) is 23.8. The molecule has 0 radical (unpaired) electrons. The summed E-state index contributed by atoms with van der Waals surface area (Å²) >= 11 is 0. The number of rotatable bonds is 6. The monoisotopic (exact) mass is 470 g/mol. The van der Waals surface area contributed by atoms with Crippen molar-refractivity contribution in [2.75, 3.05) is 0 Å². The van der Waals surface area contributed by atoms with Gasteiger partial charge in [-0.3, -0.25) is 0 Å². The van der Waals surface area contributed by atoms with Crippen molar-refractivity contribution in [1.82, 2.24) is 0 Å². The van der Waals surface area contributed by atoms with Crippen LogP contribution < -0.4 is 15.9 Å². The molecule has 0 amide bonds. The maximum atomic E-state index is 2.59. The topological polar surface area (TPSA) is 0 Å². The molecule has 2 fully saturated rings. The Kier molecular flexibility index (Phi) is 7.00. The second-order valence-electron chi connectivity index (χ2n) is 11.2. The number of benzene rings is 3. The van der Waals surface area contributed by atoms with Crippen LogP contribution in [-0.2, 0) is 0 Å². The van der Waals surface area contributed by atoms with E-state index in [1.165, 1.54) is 64.2 Å². The molecule has 0 unspecified atom stereocenters. The van der Waals surface area contributed by atoms with Crippen molar-refractivity contribution in [3.8, 4) is 0 Å². The summed E-state index contributed by atoms with van der Waals surface area (Å²) in [6, 6.07) is 33.5. The average Bonchev–Trinajstić information content (AvgIpc) is 2.92. The van der Waals surface area contributed by atoms with Gasteiger partial charge < -0.3 is 0 Å². The molecule has 2 saturated carbocycles. The summed E-state index contributed by atoms with van der Waals surface area (Å²) in [5.74, 6) is 0.709. The predicted octanol–water partition coefficient (Wildman–Crippen LogP) is 8.31. The van der Waals surface area contributed by atoms with Gasteiger partial charge in [-0.2, -0.15) is 0 Å².